The summed E-state index contributed by atoms with van der Waals surface area (Å²) in [5.74, 6) is 0. The summed E-state index contributed by atoms with van der Waals surface area (Å²) < 4.78 is 13.9. The molecule has 0 spiro atoms. The van der Waals surface area contributed by atoms with Gasteiger partial charge < -0.3 is 18.6 Å². The van der Waals surface area contributed by atoms with Crippen LogP contribution in [0.4, 0.5) is 34.1 Å². The van der Waals surface area contributed by atoms with Crippen LogP contribution in [0.15, 0.2) is 294 Å². The Hall–Kier alpha value is -10.4. The molecule has 0 fully saturated rings. The van der Waals surface area contributed by atoms with Crippen LogP contribution in [0, 0.1) is 6.92 Å². The summed E-state index contributed by atoms with van der Waals surface area (Å²) in [6.45, 7) is 20.6. The molecular formula is C87H74N2O2. The van der Waals surface area contributed by atoms with Crippen molar-refractivity contribution in [2.75, 3.05) is 9.80 Å². The fourth-order valence-electron chi connectivity index (χ4n) is 14.2. The Bertz CT molecular complexity index is 4660. The molecule has 0 aliphatic carbocycles. The van der Waals surface area contributed by atoms with E-state index in [-0.39, 0.29) is 21.7 Å². The molecule has 15 rings (SSSR count). The Morgan fingerprint density at radius 1 is 0.231 bits per heavy atom. The average molecular weight is 1180 g/mol. The number of hydrogen-bond acceptors (Lipinski definition) is 4. The molecule has 444 valence electrons. The molecular weight excluding hydrogens is 1100 g/mol. The van der Waals surface area contributed by atoms with Crippen molar-refractivity contribution < 1.29 is 8.83 Å². The summed E-state index contributed by atoms with van der Waals surface area (Å²) in [5.41, 5.74) is 20.4. The van der Waals surface area contributed by atoms with Crippen molar-refractivity contribution in [1.29, 1.82) is 0 Å². The van der Waals surface area contributed by atoms with Crippen LogP contribution in [0.5, 0.6) is 0 Å². The number of nitrogens with zero attached hydrogens (tertiary/aromatic N) is 2. The second-order valence-corrected chi connectivity index (χ2v) is 27.0. The summed E-state index contributed by atoms with van der Waals surface area (Å²) in [5, 5.41) is 8.80. The van der Waals surface area contributed by atoms with Gasteiger partial charge in [-0.05, 0) is 176 Å². The van der Waals surface area contributed by atoms with Gasteiger partial charge in [0.1, 0.15) is 22.3 Å². The van der Waals surface area contributed by atoms with Crippen molar-refractivity contribution >= 4 is 99.5 Å². The number of benzene rings is 13. The molecule has 4 heteroatoms. The van der Waals surface area contributed by atoms with E-state index in [1.807, 2.05) is 0 Å². The van der Waals surface area contributed by atoms with Gasteiger partial charge in [0.25, 0.3) is 0 Å². The highest BCUT2D eigenvalue weighted by molar-refractivity contribution is 6.20. The third kappa shape index (κ3) is 9.93. The van der Waals surface area contributed by atoms with Crippen molar-refractivity contribution in [3.63, 3.8) is 0 Å². The van der Waals surface area contributed by atoms with Gasteiger partial charge in [-0.1, -0.05) is 237 Å². The van der Waals surface area contributed by atoms with Crippen LogP contribution in [0.1, 0.15) is 105 Å². The normalized spacial score (nSPS) is 12.5. The van der Waals surface area contributed by atoms with Gasteiger partial charge in [-0.2, -0.15) is 0 Å². The van der Waals surface area contributed by atoms with Crippen LogP contribution in [-0.4, -0.2) is 0 Å². The molecule has 91 heavy (non-hydrogen) atoms. The summed E-state index contributed by atoms with van der Waals surface area (Å²) in [7, 11) is 0. The van der Waals surface area contributed by atoms with Gasteiger partial charge in [0, 0.05) is 82.9 Å². The van der Waals surface area contributed by atoms with Crippen molar-refractivity contribution in [2.24, 2.45) is 0 Å². The van der Waals surface area contributed by atoms with Crippen molar-refractivity contribution in [3.05, 3.63) is 335 Å². The van der Waals surface area contributed by atoms with Gasteiger partial charge in [0.05, 0.1) is 0 Å². The van der Waals surface area contributed by atoms with Crippen molar-refractivity contribution in [3.8, 4) is 0 Å². The lowest BCUT2D eigenvalue weighted by atomic mass is 9.78. The fourth-order valence-corrected chi connectivity index (χ4v) is 14.2. The first kappa shape index (κ1) is 57.0. The van der Waals surface area contributed by atoms with Crippen LogP contribution in [0.25, 0.3) is 65.4 Å². The Morgan fingerprint density at radius 2 is 0.484 bits per heavy atom. The number of fused-ring (bicyclic) bond motifs is 8. The first-order valence-corrected chi connectivity index (χ1v) is 31.9. The highest BCUT2D eigenvalue weighted by Crippen LogP contribution is 2.46. The number of anilines is 6. The molecule has 0 aliphatic rings. The SMILES string of the molecule is Cc1c2oc3cc4cc(N(c5ccc(C(C)(C)c6ccccc6)cc5)c5ccc(C(C)(C)c6ccccc6)cc5)ccc4cc3c2cc2c1oc1cc3cc(N(c4ccc(C(C)(C)c5ccccc5)cc4)c4ccc(C(C)(C)c5ccccc5)cc4)ccc3cc12. The largest absolute Gasteiger partial charge is 0.456 e. The number of furan rings is 2. The van der Waals surface area contributed by atoms with E-state index >= 15 is 0 Å². The van der Waals surface area contributed by atoms with Gasteiger partial charge >= 0.3 is 0 Å². The Balaban J connectivity index is 0.790. The van der Waals surface area contributed by atoms with Gasteiger partial charge in [0.15, 0.2) is 0 Å². The summed E-state index contributed by atoms with van der Waals surface area (Å²) in [6, 6.07) is 105. The summed E-state index contributed by atoms with van der Waals surface area (Å²) in [4.78, 5) is 4.76. The van der Waals surface area contributed by atoms with Crippen LogP contribution >= 0.6 is 0 Å². The molecule has 0 bridgehead atoms. The third-order valence-electron chi connectivity index (χ3n) is 20.2. The predicted octanol–water partition coefficient (Wildman–Crippen LogP) is 24.3. The molecule has 0 radical (unpaired) electrons. The minimum Gasteiger partial charge on any atom is -0.456 e. The summed E-state index contributed by atoms with van der Waals surface area (Å²) in [6.07, 6.45) is 0. The molecule has 2 aromatic heterocycles. The highest BCUT2D eigenvalue weighted by atomic mass is 16.3. The van der Waals surface area contributed by atoms with Crippen LogP contribution < -0.4 is 9.80 Å². The van der Waals surface area contributed by atoms with Crippen molar-refractivity contribution in [2.45, 2.75) is 84.0 Å². The molecule has 0 aliphatic heterocycles. The number of hydrogen-bond donors (Lipinski definition) is 0. The molecule has 13 aromatic carbocycles. The van der Waals surface area contributed by atoms with E-state index in [2.05, 4.69) is 357 Å². The highest BCUT2D eigenvalue weighted by Gasteiger charge is 2.29. The smallest absolute Gasteiger partial charge is 0.142 e. The van der Waals surface area contributed by atoms with Gasteiger partial charge in [-0.3, -0.25) is 0 Å². The maximum atomic E-state index is 6.95. The Kier molecular flexibility index (Phi) is 13.8. The first-order chi connectivity index (χ1) is 44.0. The van der Waals surface area contributed by atoms with Crippen molar-refractivity contribution in [1.82, 2.24) is 0 Å². The molecule has 0 unspecified atom stereocenters. The maximum absolute atomic E-state index is 6.95. The lowest BCUT2D eigenvalue weighted by molar-refractivity contribution is 0.640. The zero-order valence-electron chi connectivity index (χ0n) is 53.3. The minimum atomic E-state index is -0.167. The molecule has 0 N–H and O–H groups in total. The van der Waals surface area contributed by atoms with E-state index in [9.17, 15) is 0 Å². The fraction of sp³-hybridized carbons (Fsp3) is 0.149. The molecule has 0 atom stereocenters. The van der Waals surface area contributed by atoms with Crippen LogP contribution in [0.3, 0.4) is 0 Å². The second kappa shape index (κ2) is 22.0. The third-order valence-corrected chi connectivity index (χ3v) is 20.2. The zero-order chi connectivity index (χ0) is 62.4. The van der Waals surface area contributed by atoms with E-state index in [4.69, 9.17) is 8.83 Å². The van der Waals surface area contributed by atoms with Gasteiger partial charge in [0.2, 0.25) is 0 Å². The topological polar surface area (TPSA) is 32.8 Å². The standard InChI is InChI=1S/C87H74N2O2/c1-57-82-78(76-52-58-30-40-74(50-60(58)54-80(76)90-82)88(70-42-32-66(33-43-70)84(2,3)62-22-14-10-15-23-62)71-44-34-67(35-45-71)85(4,5)63-24-16-11-17-25-63)56-79-77-53-59-31-41-75(51-61(59)55-81(77)91-83(57)79)89(72-46-36-68(37-47-72)86(6,7)64-26-18-12-19-27-64)73-48-38-69(39-49-73)87(8,9)65-28-20-13-21-29-65/h10-56H,1-9H3. The minimum absolute atomic E-state index is 0.167. The quantitative estimate of drug-likeness (QED) is 0.109. The molecule has 15 aromatic rings. The Morgan fingerprint density at radius 3 is 0.758 bits per heavy atom. The first-order valence-electron chi connectivity index (χ1n) is 31.9. The molecule has 4 nitrogen and oxygen atoms in total. The van der Waals surface area contributed by atoms with E-state index in [0.29, 0.717) is 0 Å². The molecule has 0 saturated heterocycles. The predicted molar refractivity (Wildman–Crippen MR) is 384 cm³/mol. The van der Waals surface area contributed by atoms with E-state index < -0.39 is 0 Å². The average Bonchev–Trinajstić information content (AvgIpc) is 1.55. The molecule has 2 heterocycles. The number of aryl methyl sites for hydroxylation is 1. The maximum Gasteiger partial charge on any atom is 0.142 e. The zero-order valence-corrected chi connectivity index (χ0v) is 53.3. The molecule has 0 saturated carbocycles. The van der Waals surface area contributed by atoms with Gasteiger partial charge in [-0.15, -0.1) is 0 Å². The lowest BCUT2D eigenvalue weighted by Gasteiger charge is -2.30. The van der Waals surface area contributed by atoms with E-state index in [1.165, 1.54) is 44.5 Å². The number of rotatable bonds is 14. The second-order valence-electron chi connectivity index (χ2n) is 27.0. The Labute approximate surface area is 534 Å². The van der Waals surface area contributed by atoms with Crippen LogP contribution in [-0.2, 0) is 21.7 Å². The van der Waals surface area contributed by atoms with E-state index in [0.717, 1.165) is 105 Å². The van der Waals surface area contributed by atoms with Gasteiger partial charge in [-0.25, -0.2) is 0 Å². The lowest BCUT2D eigenvalue weighted by Crippen LogP contribution is -2.19. The monoisotopic (exact) mass is 1180 g/mol. The molecule has 0 amide bonds. The summed E-state index contributed by atoms with van der Waals surface area (Å²) >= 11 is 0. The van der Waals surface area contributed by atoms with Crippen LogP contribution in [0.2, 0.25) is 0 Å². The van der Waals surface area contributed by atoms with E-state index in [1.54, 1.807) is 0 Å².